The first-order chi connectivity index (χ1) is 16.1. The number of carbonyl (C=O) groups excluding carboxylic acids is 1. The van der Waals surface area contributed by atoms with Crippen molar-refractivity contribution in [3.63, 3.8) is 0 Å². The van der Waals surface area contributed by atoms with E-state index in [0.29, 0.717) is 5.75 Å². The van der Waals surface area contributed by atoms with Gasteiger partial charge in [0, 0.05) is 56.4 Å². The predicted octanol–water partition coefficient (Wildman–Crippen LogP) is 3.92. The Morgan fingerprint density at radius 2 is 1.85 bits per heavy atom. The van der Waals surface area contributed by atoms with E-state index in [4.69, 9.17) is 4.52 Å². The maximum absolute atomic E-state index is 12.6. The Kier molecular flexibility index (Phi) is 8.01. The van der Waals surface area contributed by atoms with Gasteiger partial charge in [0.15, 0.2) is 0 Å². The smallest absolute Gasteiger partial charge is 0.234 e. The molecule has 1 aliphatic heterocycles. The van der Waals surface area contributed by atoms with Crippen molar-refractivity contribution in [3.05, 3.63) is 71.4 Å². The largest absolute Gasteiger partial charge is 0.367 e. The number of para-hydroxylation sites is 2. The molecular formula is C25H31N5O2S. The molecule has 0 spiro atoms. The minimum atomic E-state index is 0.00944. The van der Waals surface area contributed by atoms with Crippen LogP contribution in [0.5, 0.6) is 0 Å². The van der Waals surface area contributed by atoms with Crippen LogP contribution in [-0.4, -0.2) is 59.4 Å². The number of benzene rings is 1. The molecule has 1 aliphatic rings. The second kappa shape index (κ2) is 11.3. The molecule has 0 atom stereocenters. The van der Waals surface area contributed by atoms with Crippen molar-refractivity contribution in [2.24, 2.45) is 0 Å². The molecule has 3 aromatic rings. The maximum Gasteiger partial charge on any atom is 0.234 e. The van der Waals surface area contributed by atoms with E-state index >= 15 is 0 Å². The van der Waals surface area contributed by atoms with Crippen molar-refractivity contribution in [2.45, 2.75) is 26.0 Å². The summed E-state index contributed by atoms with van der Waals surface area (Å²) in [5.74, 6) is 1.94. The van der Waals surface area contributed by atoms with Gasteiger partial charge in [0.1, 0.15) is 5.76 Å². The van der Waals surface area contributed by atoms with Gasteiger partial charge in [-0.1, -0.05) is 17.3 Å². The molecule has 3 heterocycles. The van der Waals surface area contributed by atoms with Crippen LogP contribution in [0.25, 0.3) is 0 Å². The number of carbonyl (C=O) groups is 1. The lowest BCUT2D eigenvalue weighted by Crippen LogP contribution is -2.47. The van der Waals surface area contributed by atoms with Crippen molar-refractivity contribution in [2.75, 3.05) is 48.7 Å². The highest BCUT2D eigenvalue weighted by Gasteiger charge is 2.20. The Hall–Kier alpha value is -2.84. The number of aromatic nitrogens is 2. The first-order valence-corrected chi connectivity index (χ1v) is 12.5. The molecule has 7 nitrogen and oxygen atoms in total. The first kappa shape index (κ1) is 23.3. The van der Waals surface area contributed by atoms with Crippen molar-refractivity contribution in [3.8, 4) is 0 Å². The minimum Gasteiger partial charge on any atom is -0.367 e. The van der Waals surface area contributed by atoms with Crippen LogP contribution >= 0.6 is 11.8 Å². The van der Waals surface area contributed by atoms with Gasteiger partial charge in [0.2, 0.25) is 5.91 Å². The fraction of sp³-hybridized carbons (Fsp3) is 0.400. The molecule has 0 unspecified atom stereocenters. The summed E-state index contributed by atoms with van der Waals surface area (Å²) in [6, 6.07) is 12.3. The molecule has 33 heavy (non-hydrogen) atoms. The van der Waals surface area contributed by atoms with Crippen LogP contribution in [0.1, 0.15) is 22.6 Å². The van der Waals surface area contributed by atoms with E-state index in [1.165, 1.54) is 5.56 Å². The van der Waals surface area contributed by atoms with E-state index in [0.717, 1.165) is 73.3 Å². The SMILES string of the molecule is Cc1noc(C)c1CSCC(=O)Nc1ccccc1N1CCN(CCc2ccncc2)CC1. The van der Waals surface area contributed by atoms with Crippen molar-refractivity contribution in [1.82, 2.24) is 15.0 Å². The maximum atomic E-state index is 12.6. The average Bonchev–Trinajstić information content (AvgIpc) is 3.16. The number of hydrogen-bond acceptors (Lipinski definition) is 7. The lowest BCUT2D eigenvalue weighted by molar-refractivity contribution is -0.113. The number of nitrogens with zero attached hydrogens (tertiary/aromatic N) is 4. The molecule has 0 aliphatic carbocycles. The average molecular weight is 466 g/mol. The monoisotopic (exact) mass is 465 g/mol. The lowest BCUT2D eigenvalue weighted by Gasteiger charge is -2.37. The topological polar surface area (TPSA) is 74.5 Å². The van der Waals surface area contributed by atoms with E-state index in [-0.39, 0.29) is 5.91 Å². The van der Waals surface area contributed by atoms with E-state index in [9.17, 15) is 4.79 Å². The van der Waals surface area contributed by atoms with Gasteiger partial charge >= 0.3 is 0 Å². The number of anilines is 2. The van der Waals surface area contributed by atoms with Gasteiger partial charge in [-0.25, -0.2) is 0 Å². The van der Waals surface area contributed by atoms with Gasteiger partial charge in [0.05, 0.1) is 22.8 Å². The lowest BCUT2D eigenvalue weighted by atomic mass is 10.1. The Bertz CT molecular complexity index is 1030. The number of piperazine rings is 1. The van der Waals surface area contributed by atoms with Crippen LogP contribution in [0.3, 0.4) is 0 Å². The molecule has 1 amide bonds. The standard InChI is InChI=1S/C25H31N5O2S/c1-19-22(20(2)32-28-19)17-33-18-25(31)27-23-5-3-4-6-24(23)30-15-13-29(14-16-30)12-9-21-7-10-26-11-8-21/h3-8,10-11H,9,12-18H2,1-2H3,(H,27,31). The Morgan fingerprint density at radius 3 is 2.58 bits per heavy atom. The highest BCUT2D eigenvalue weighted by atomic mass is 32.2. The zero-order chi connectivity index (χ0) is 23.0. The molecule has 0 saturated carbocycles. The number of thioether (sulfide) groups is 1. The van der Waals surface area contributed by atoms with Crippen LogP contribution in [0, 0.1) is 13.8 Å². The zero-order valence-electron chi connectivity index (χ0n) is 19.3. The molecule has 1 aromatic carbocycles. The Morgan fingerprint density at radius 1 is 1.09 bits per heavy atom. The molecule has 8 heteroatoms. The number of hydrogen-bond donors (Lipinski definition) is 1. The predicted molar refractivity (Wildman–Crippen MR) is 134 cm³/mol. The van der Waals surface area contributed by atoms with Gasteiger partial charge in [-0.15, -0.1) is 11.8 Å². The van der Waals surface area contributed by atoms with Crippen LogP contribution in [0.15, 0.2) is 53.3 Å². The first-order valence-electron chi connectivity index (χ1n) is 11.3. The normalized spacial score (nSPS) is 14.4. The van der Waals surface area contributed by atoms with Crippen molar-refractivity contribution < 1.29 is 9.32 Å². The molecule has 1 fully saturated rings. The molecule has 0 radical (unpaired) electrons. The summed E-state index contributed by atoms with van der Waals surface area (Å²) in [6.07, 6.45) is 4.75. The van der Waals surface area contributed by atoms with Gasteiger partial charge < -0.3 is 14.7 Å². The summed E-state index contributed by atoms with van der Waals surface area (Å²) in [5, 5.41) is 7.09. The highest BCUT2D eigenvalue weighted by Crippen LogP contribution is 2.27. The van der Waals surface area contributed by atoms with Gasteiger partial charge in [-0.05, 0) is 50.1 Å². The third-order valence-corrected chi connectivity index (χ3v) is 6.98. The molecule has 174 valence electrons. The third kappa shape index (κ3) is 6.36. The summed E-state index contributed by atoms with van der Waals surface area (Å²) < 4.78 is 5.20. The molecule has 2 aromatic heterocycles. The zero-order valence-corrected chi connectivity index (χ0v) is 20.1. The molecule has 1 N–H and O–H groups in total. The minimum absolute atomic E-state index is 0.00944. The molecular weight excluding hydrogens is 434 g/mol. The highest BCUT2D eigenvalue weighted by molar-refractivity contribution is 7.99. The number of rotatable bonds is 9. The van der Waals surface area contributed by atoms with Gasteiger partial charge in [-0.3, -0.25) is 14.7 Å². The second-order valence-electron chi connectivity index (χ2n) is 8.29. The quantitative estimate of drug-likeness (QED) is 0.513. The summed E-state index contributed by atoms with van der Waals surface area (Å²) in [7, 11) is 0. The van der Waals surface area contributed by atoms with Crippen molar-refractivity contribution >= 4 is 29.0 Å². The van der Waals surface area contributed by atoms with E-state index in [1.54, 1.807) is 11.8 Å². The molecule has 1 saturated heterocycles. The van der Waals surface area contributed by atoms with Crippen LogP contribution in [0.4, 0.5) is 11.4 Å². The summed E-state index contributed by atoms with van der Waals surface area (Å²) >= 11 is 1.58. The number of aryl methyl sites for hydroxylation is 2. The second-order valence-corrected chi connectivity index (χ2v) is 9.28. The number of pyridine rings is 1. The fourth-order valence-corrected chi connectivity index (χ4v) is 5.02. The number of nitrogens with one attached hydrogen (secondary N) is 1. The molecule has 0 bridgehead atoms. The Balaban J connectivity index is 1.26. The fourth-order valence-electron chi connectivity index (χ4n) is 4.04. The van der Waals surface area contributed by atoms with Crippen LogP contribution in [-0.2, 0) is 17.0 Å². The molecule has 4 rings (SSSR count). The third-order valence-electron chi connectivity index (χ3n) is 6.02. The summed E-state index contributed by atoms with van der Waals surface area (Å²) in [5.41, 5.74) is 5.27. The number of amides is 1. The van der Waals surface area contributed by atoms with Crippen LogP contribution < -0.4 is 10.2 Å². The van der Waals surface area contributed by atoms with Gasteiger partial charge in [-0.2, -0.15) is 0 Å². The van der Waals surface area contributed by atoms with Crippen molar-refractivity contribution in [1.29, 1.82) is 0 Å². The Labute approximate surface area is 199 Å². The van der Waals surface area contributed by atoms with Crippen LogP contribution in [0.2, 0.25) is 0 Å². The van der Waals surface area contributed by atoms with E-state index < -0.39 is 0 Å². The van der Waals surface area contributed by atoms with E-state index in [2.05, 4.69) is 43.5 Å². The van der Waals surface area contributed by atoms with E-state index in [1.807, 2.05) is 44.4 Å². The summed E-state index contributed by atoms with van der Waals surface area (Å²) in [6.45, 7) is 8.82. The summed E-state index contributed by atoms with van der Waals surface area (Å²) in [4.78, 5) is 21.6. The van der Waals surface area contributed by atoms with Gasteiger partial charge in [0.25, 0.3) is 0 Å².